The molecule has 1 aliphatic rings. The minimum atomic E-state index is -5.07. The quantitative estimate of drug-likeness (QED) is 0.0196. The van der Waals surface area contributed by atoms with Gasteiger partial charge in [-0.15, -0.1) is 0 Å². The predicted octanol–water partition coefficient (Wildman–Crippen LogP) is 16.0. The number of carbonyl (C=O) groups is 1. The fourth-order valence-corrected chi connectivity index (χ4v) is 9.93. The number of ether oxygens (including phenoxy) is 4. The van der Waals surface area contributed by atoms with Gasteiger partial charge in [-0.2, -0.15) is 8.42 Å². The van der Waals surface area contributed by atoms with Crippen LogP contribution in [-0.4, -0.2) is 97.5 Å². The highest BCUT2D eigenvalue weighted by Crippen LogP contribution is 2.26. The van der Waals surface area contributed by atoms with Crippen molar-refractivity contribution in [3.63, 3.8) is 0 Å². The summed E-state index contributed by atoms with van der Waals surface area (Å²) in [5, 5.41) is 30.9. The van der Waals surface area contributed by atoms with E-state index in [1.165, 1.54) is 180 Å². The van der Waals surface area contributed by atoms with Gasteiger partial charge >= 0.3 is 16.4 Å². The highest BCUT2D eigenvalue weighted by Gasteiger charge is 2.48. The zero-order valence-electron chi connectivity index (χ0n) is 48.3. The van der Waals surface area contributed by atoms with E-state index in [1.54, 1.807) is 0 Å². The molecule has 4 N–H and O–H groups in total. The van der Waals surface area contributed by atoms with Crippen LogP contribution in [0.3, 0.4) is 0 Å². The maximum Gasteiger partial charge on any atom is 0.397 e. The Labute approximate surface area is 465 Å². The minimum Gasteiger partial charge on any atom is -0.457 e. The Morgan fingerprint density at radius 2 is 0.868 bits per heavy atom. The van der Waals surface area contributed by atoms with E-state index >= 15 is 0 Å². The number of hydrogen-bond acceptors (Lipinski definition) is 11. The molecule has 0 aromatic carbocycles. The van der Waals surface area contributed by atoms with Crippen molar-refractivity contribution < 1.29 is 56.2 Å². The van der Waals surface area contributed by atoms with Gasteiger partial charge in [0, 0.05) is 13.0 Å². The zero-order valence-corrected chi connectivity index (χ0v) is 49.1. The molecule has 1 aliphatic heterocycles. The molecule has 0 radical (unpaired) electrons. The van der Waals surface area contributed by atoms with Crippen LogP contribution in [-0.2, 0) is 38.3 Å². The highest BCUT2D eigenvalue weighted by molar-refractivity contribution is 7.80. The van der Waals surface area contributed by atoms with Crippen LogP contribution in [0.2, 0.25) is 0 Å². The van der Waals surface area contributed by atoms with Crippen LogP contribution in [0.25, 0.3) is 0 Å². The molecular weight excluding hydrogens is 981 g/mol. The Morgan fingerprint density at radius 1 is 0.500 bits per heavy atom. The van der Waals surface area contributed by atoms with Crippen molar-refractivity contribution in [2.75, 3.05) is 26.4 Å². The summed E-state index contributed by atoms with van der Waals surface area (Å²) in [6.45, 7) is 4.00. The number of unbranched alkanes of at least 4 members (excludes halogenated alkanes) is 32. The molecule has 1 heterocycles. The average Bonchev–Trinajstić information content (AvgIpc) is 3.40. The lowest BCUT2D eigenvalue weighted by Gasteiger charge is -2.41. The van der Waals surface area contributed by atoms with Gasteiger partial charge in [-0.05, 0) is 83.5 Å². The number of rotatable bonds is 55. The van der Waals surface area contributed by atoms with Crippen LogP contribution in [0.1, 0.15) is 271 Å². The van der Waals surface area contributed by atoms with Crippen molar-refractivity contribution in [3.8, 4) is 0 Å². The van der Waals surface area contributed by atoms with Crippen molar-refractivity contribution in [2.24, 2.45) is 0 Å². The van der Waals surface area contributed by atoms with Crippen LogP contribution < -0.4 is 0 Å². The number of carbonyl (C=O) groups excluding carboxylic acids is 1. The maximum atomic E-state index is 13.0. The summed E-state index contributed by atoms with van der Waals surface area (Å²) in [7, 11) is -5.07. The summed E-state index contributed by atoms with van der Waals surface area (Å²) in [5.74, 6) is -0.401. The molecule has 12 nitrogen and oxygen atoms in total. The SMILES string of the molecule is CCCCCCC/C=C\C/C=C\C/C=C\CCCCCCCCCCCCC(=O)OC(COCCCCCCCCCCCCCC/C=C\C/C=C\CCCCCCC)COC1OC(CO)C(O)C(OS(=O)(=O)O)C1O. The van der Waals surface area contributed by atoms with E-state index in [0.29, 0.717) is 13.0 Å². The molecule has 1 fully saturated rings. The number of hydrogen-bond donors (Lipinski definition) is 4. The summed E-state index contributed by atoms with van der Waals surface area (Å²) in [6.07, 6.45) is 61.1. The maximum absolute atomic E-state index is 13.0. The van der Waals surface area contributed by atoms with Crippen LogP contribution in [0, 0.1) is 0 Å². The molecule has 0 aromatic heterocycles. The fourth-order valence-electron chi connectivity index (χ4n) is 9.42. The van der Waals surface area contributed by atoms with Crippen molar-refractivity contribution in [3.05, 3.63) is 60.8 Å². The second-order valence-corrected chi connectivity index (χ2v) is 22.3. The predicted molar refractivity (Wildman–Crippen MR) is 313 cm³/mol. The van der Waals surface area contributed by atoms with Gasteiger partial charge in [0.15, 0.2) is 6.29 Å². The summed E-state index contributed by atoms with van der Waals surface area (Å²) in [5.41, 5.74) is 0. The monoisotopic (exact) mass is 1090 g/mol. The average molecular weight is 1100 g/mol. The standard InChI is InChI=1S/C63H114O12S/c1-3-5-7-9-11-13-15-17-19-21-23-25-27-29-30-32-34-36-38-40-42-44-46-48-50-52-59(65)73-57(56-72-63-61(67)62(75-76(68,69)70)60(66)58(54-64)74-63)55-71-53-51-49-47-45-43-41-39-37-35-33-31-28-26-24-22-20-18-16-14-12-10-8-6-4-2/h15-18,21-24,27,29,57-58,60-64,66-67H,3-14,19-20,25-26,28,30-56H2,1-2H3,(H,68,69,70)/b17-15-,18-16-,23-21-,24-22-,29-27-. The van der Waals surface area contributed by atoms with Crippen molar-refractivity contribution in [1.82, 2.24) is 0 Å². The summed E-state index contributed by atoms with van der Waals surface area (Å²) in [6, 6.07) is 0. The normalized spacial score (nSPS) is 18.9. The molecule has 0 aromatic rings. The molecule has 0 bridgehead atoms. The third-order valence-electron chi connectivity index (χ3n) is 14.1. The van der Waals surface area contributed by atoms with E-state index in [2.05, 4.69) is 78.8 Å². The molecule has 76 heavy (non-hydrogen) atoms. The van der Waals surface area contributed by atoms with Crippen molar-refractivity contribution >= 4 is 16.4 Å². The molecule has 6 atom stereocenters. The lowest BCUT2D eigenvalue weighted by Crippen LogP contribution is -2.60. The van der Waals surface area contributed by atoms with E-state index in [0.717, 1.165) is 64.2 Å². The van der Waals surface area contributed by atoms with Gasteiger partial charge in [0.1, 0.15) is 30.5 Å². The summed E-state index contributed by atoms with van der Waals surface area (Å²) in [4.78, 5) is 13.0. The van der Waals surface area contributed by atoms with E-state index in [9.17, 15) is 33.1 Å². The molecular formula is C63H114O12S. The third-order valence-corrected chi connectivity index (χ3v) is 14.6. The topological polar surface area (TPSA) is 178 Å². The first-order chi connectivity index (χ1) is 37.1. The Bertz CT molecular complexity index is 1550. The second kappa shape index (κ2) is 53.4. The molecule has 1 saturated heterocycles. The van der Waals surface area contributed by atoms with Gasteiger partial charge in [0.2, 0.25) is 0 Å². The number of aliphatic hydroxyl groups excluding tert-OH is 3. The van der Waals surface area contributed by atoms with Crippen LogP contribution in [0.4, 0.5) is 0 Å². The molecule has 0 amide bonds. The number of aliphatic hydroxyl groups is 3. The Balaban J connectivity index is 2.27. The molecule has 0 spiro atoms. The molecule has 0 aliphatic carbocycles. The van der Waals surface area contributed by atoms with Gasteiger partial charge < -0.3 is 34.3 Å². The molecule has 13 heteroatoms. The van der Waals surface area contributed by atoms with E-state index in [-0.39, 0.29) is 19.6 Å². The lowest BCUT2D eigenvalue weighted by atomic mass is 9.99. The summed E-state index contributed by atoms with van der Waals surface area (Å²) >= 11 is 0. The van der Waals surface area contributed by atoms with Gasteiger partial charge in [-0.1, -0.05) is 242 Å². The van der Waals surface area contributed by atoms with E-state index in [1.807, 2.05) is 0 Å². The van der Waals surface area contributed by atoms with Crippen LogP contribution >= 0.6 is 0 Å². The lowest BCUT2D eigenvalue weighted by molar-refractivity contribution is -0.301. The van der Waals surface area contributed by atoms with Gasteiger partial charge in [-0.3, -0.25) is 9.35 Å². The number of allylic oxidation sites excluding steroid dienone is 10. The molecule has 0 saturated carbocycles. The van der Waals surface area contributed by atoms with Gasteiger partial charge in [-0.25, -0.2) is 4.18 Å². The zero-order chi connectivity index (χ0) is 55.3. The van der Waals surface area contributed by atoms with E-state index < -0.39 is 59.8 Å². The minimum absolute atomic E-state index is 0.0329. The first-order valence-corrected chi connectivity index (χ1v) is 32.4. The van der Waals surface area contributed by atoms with E-state index in [4.69, 9.17) is 18.9 Å². The highest BCUT2D eigenvalue weighted by atomic mass is 32.3. The Kier molecular flexibility index (Phi) is 50.5. The molecule has 444 valence electrons. The number of esters is 1. The van der Waals surface area contributed by atoms with Gasteiger partial charge in [0.25, 0.3) is 0 Å². The van der Waals surface area contributed by atoms with Crippen molar-refractivity contribution in [1.29, 1.82) is 0 Å². The fraction of sp³-hybridized carbons (Fsp3) is 0.825. The van der Waals surface area contributed by atoms with Crippen LogP contribution in [0.15, 0.2) is 60.8 Å². The Hall–Kier alpha value is -2.20. The smallest absolute Gasteiger partial charge is 0.397 e. The third kappa shape index (κ3) is 45.6. The Morgan fingerprint density at radius 3 is 1.26 bits per heavy atom. The molecule has 1 rings (SSSR count). The van der Waals surface area contributed by atoms with Crippen LogP contribution in [0.5, 0.6) is 0 Å². The second-order valence-electron chi connectivity index (χ2n) is 21.3. The largest absolute Gasteiger partial charge is 0.457 e. The molecule has 6 unspecified atom stereocenters. The first kappa shape index (κ1) is 71.8. The van der Waals surface area contributed by atoms with Crippen molar-refractivity contribution in [2.45, 2.75) is 307 Å². The first-order valence-electron chi connectivity index (χ1n) is 31.0. The van der Waals surface area contributed by atoms with Gasteiger partial charge in [0.05, 0.1) is 19.8 Å². The summed E-state index contributed by atoms with van der Waals surface area (Å²) < 4.78 is 59.5.